The van der Waals surface area contributed by atoms with Crippen molar-refractivity contribution in [1.29, 1.82) is 0 Å². The topological polar surface area (TPSA) is 12.0 Å². The van der Waals surface area contributed by atoms with Gasteiger partial charge in [0, 0.05) is 18.2 Å². The molecule has 0 heterocycles. The van der Waals surface area contributed by atoms with Crippen LogP contribution in [0.1, 0.15) is 25.8 Å². The summed E-state index contributed by atoms with van der Waals surface area (Å²) in [5, 5.41) is 3.25. The molecule has 1 nitrogen and oxygen atoms in total. The number of benzene rings is 1. The maximum atomic E-state index is 13.1. The summed E-state index contributed by atoms with van der Waals surface area (Å²) in [4.78, 5) is 0. The van der Waals surface area contributed by atoms with Crippen molar-refractivity contribution in [2.24, 2.45) is 0 Å². The first-order valence-corrected chi connectivity index (χ1v) is 4.70. The molecule has 0 amide bonds. The van der Waals surface area contributed by atoms with Gasteiger partial charge in [-0.1, -0.05) is 25.1 Å². The van der Waals surface area contributed by atoms with Crippen molar-refractivity contribution in [3.05, 3.63) is 35.6 Å². The minimum Gasteiger partial charge on any atom is -0.310 e. The molecule has 0 aromatic heterocycles. The molecule has 0 saturated carbocycles. The summed E-state index contributed by atoms with van der Waals surface area (Å²) in [6, 6.07) is 7.32. The summed E-state index contributed by atoms with van der Waals surface area (Å²) in [7, 11) is 0. The van der Waals surface area contributed by atoms with E-state index in [1.807, 2.05) is 12.1 Å². The summed E-state index contributed by atoms with van der Waals surface area (Å²) in [5.74, 6) is -0.127. The molecule has 0 radical (unpaired) electrons. The Kier molecular flexibility index (Phi) is 6.50. The third-order valence-electron chi connectivity index (χ3n) is 2.21. The zero-order chi connectivity index (χ0) is 9.68. The molecule has 1 atom stereocenters. The number of hydrogen-bond acceptors (Lipinski definition) is 1. The van der Waals surface area contributed by atoms with E-state index < -0.39 is 0 Å². The lowest BCUT2D eigenvalue weighted by Gasteiger charge is -2.11. The largest absolute Gasteiger partial charge is 0.310 e. The first kappa shape index (κ1) is 13.4. The van der Waals surface area contributed by atoms with Crippen LogP contribution in [0.15, 0.2) is 24.3 Å². The summed E-state index contributed by atoms with van der Waals surface area (Å²) in [6.07, 6.45) is 1.06. The normalized spacial score (nSPS) is 11.9. The molecule has 0 aliphatic rings. The van der Waals surface area contributed by atoms with Crippen LogP contribution >= 0.6 is 12.4 Å². The lowest BCUT2D eigenvalue weighted by molar-refractivity contribution is 0.517. The highest BCUT2D eigenvalue weighted by atomic mass is 35.5. The summed E-state index contributed by atoms with van der Waals surface area (Å²) < 4.78 is 13.1. The van der Waals surface area contributed by atoms with E-state index in [0.29, 0.717) is 12.6 Å². The smallest absolute Gasteiger partial charge is 0.127 e. The van der Waals surface area contributed by atoms with Gasteiger partial charge in [-0.25, -0.2) is 4.39 Å². The SMILES string of the molecule is CCC(C)NCc1ccccc1F.Cl. The molecule has 80 valence electrons. The van der Waals surface area contributed by atoms with Crippen LogP contribution in [-0.4, -0.2) is 6.04 Å². The van der Waals surface area contributed by atoms with E-state index in [4.69, 9.17) is 0 Å². The Morgan fingerprint density at radius 1 is 1.36 bits per heavy atom. The summed E-state index contributed by atoms with van der Waals surface area (Å²) in [5.41, 5.74) is 0.739. The second-order valence-corrected chi connectivity index (χ2v) is 3.28. The zero-order valence-electron chi connectivity index (χ0n) is 8.59. The van der Waals surface area contributed by atoms with Gasteiger partial charge in [-0.05, 0) is 19.4 Å². The predicted molar refractivity (Wildman–Crippen MR) is 60.2 cm³/mol. The highest BCUT2D eigenvalue weighted by Crippen LogP contribution is 2.06. The van der Waals surface area contributed by atoms with E-state index in [2.05, 4.69) is 19.2 Å². The lowest BCUT2D eigenvalue weighted by atomic mass is 10.2. The Morgan fingerprint density at radius 2 is 2.00 bits per heavy atom. The van der Waals surface area contributed by atoms with Crippen molar-refractivity contribution < 1.29 is 4.39 Å². The van der Waals surface area contributed by atoms with Crippen molar-refractivity contribution in [3.8, 4) is 0 Å². The van der Waals surface area contributed by atoms with Crippen molar-refractivity contribution in [3.63, 3.8) is 0 Å². The van der Waals surface area contributed by atoms with Gasteiger partial charge in [0.05, 0.1) is 0 Å². The van der Waals surface area contributed by atoms with Gasteiger partial charge >= 0.3 is 0 Å². The average Bonchev–Trinajstić information content (AvgIpc) is 2.16. The highest BCUT2D eigenvalue weighted by molar-refractivity contribution is 5.85. The van der Waals surface area contributed by atoms with Gasteiger partial charge in [-0.3, -0.25) is 0 Å². The Labute approximate surface area is 91.1 Å². The fourth-order valence-electron chi connectivity index (χ4n) is 1.07. The number of halogens is 2. The van der Waals surface area contributed by atoms with Crippen LogP contribution in [0.3, 0.4) is 0 Å². The van der Waals surface area contributed by atoms with Crippen LogP contribution in [0.25, 0.3) is 0 Å². The molecule has 1 unspecified atom stereocenters. The van der Waals surface area contributed by atoms with Gasteiger partial charge in [0.2, 0.25) is 0 Å². The molecule has 3 heteroatoms. The van der Waals surface area contributed by atoms with Gasteiger partial charge in [0.15, 0.2) is 0 Å². The predicted octanol–water partition coefficient (Wildman–Crippen LogP) is 3.14. The maximum Gasteiger partial charge on any atom is 0.127 e. The standard InChI is InChI=1S/C11H16FN.ClH/c1-3-9(2)13-8-10-6-4-5-7-11(10)12;/h4-7,9,13H,3,8H2,1-2H3;1H. The fraction of sp³-hybridized carbons (Fsp3) is 0.455. The van der Waals surface area contributed by atoms with Crippen LogP contribution < -0.4 is 5.32 Å². The van der Waals surface area contributed by atoms with Crippen LogP contribution in [0, 0.1) is 5.82 Å². The molecule has 14 heavy (non-hydrogen) atoms. The van der Waals surface area contributed by atoms with Gasteiger partial charge in [0.1, 0.15) is 5.82 Å². The summed E-state index contributed by atoms with van der Waals surface area (Å²) >= 11 is 0. The molecule has 0 bridgehead atoms. The third kappa shape index (κ3) is 4.07. The van der Waals surface area contributed by atoms with Crippen LogP contribution in [0.4, 0.5) is 4.39 Å². The van der Waals surface area contributed by atoms with E-state index in [9.17, 15) is 4.39 Å². The number of hydrogen-bond donors (Lipinski definition) is 1. The maximum absolute atomic E-state index is 13.1. The monoisotopic (exact) mass is 217 g/mol. The van der Waals surface area contributed by atoms with Gasteiger partial charge in [-0.2, -0.15) is 0 Å². The van der Waals surface area contributed by atoms with Crippen molar-refractivity contribution in [1.82, 2.24) is 5.32 Å². The lowest BCUT2D eigenvalue weighted by Crippen LogP contribution is -2.24. The van der Waals surface area contributed by atoms with E-state index in [1.165, 1.54) is 6.07 Å². The third-order valence-corrected chi connectivity index (χ3v) is 2.21. The average molecular weight is 218 g/mol. The Balaban J connectivity index is 0.00000169. The molecule has 0 aliphatic heterocycles. The fourth-order valence-corrected chi connectivity index (χ4v) is 1.07. The molecule has 1 aromatic carbocycles. The van der Waals surface area contributed by atoms with E-state index in [0.717, 1.165) is 12.0 Å². The van der Waals surface area contributed by atoms with Gasteiger partial charge in [-0.15, -0.1) is 12.4 Å². The molecule has 1 aromatic rings. The highest BCUT2D eigenvalue weighted by Gasteiger charge is 2.01. The van der Waals surface area contributed by atoms with E-state index in [1.54, 1.807) is 6.07 Å². The van der Waals surface area contributed by atoms with Gasteiger partial charge in [0.25, 0.3) is 0 Å². The first-order valence-electron chi connectivity index (χ1n) is 4.70. The second-order valence-electron chi connectivity index (χ2n) is 3.28. The first-order chi connectivity index (χ1) is 6.24. The quantitative estimate of drug-likeness (QED) is 0.817. The second kappa shape index (κ2) is 6.80. The molecular formula is C11H17ClFN. The molecule has 1 rings (SSSR count). The van der Waals surface area contributed by atoms with E-state index in [-0.39, 0.29) is 18.2 Å². The zero-order valence-corrected chi connectivity index (χ0v) is 9.40. The summed E-state index contributed by atoms with van der Waals surface area (Å²) in [6.45, 7) is 4.82. The number of rotatable bonds is 4. The van der Waals surface area contributed by atoms with E-state index >= 15 is 0 Å². The van der Waals surface area contributed by atoms with Gasteiger partial charge < -0.3 is 5.32 Å². The molecule has 0 fully saturated rings. The van der Waals surface area contributed by atoms with Crippen LogP contribution in [-0.2, 0) is 6.54 Å². The minimum absolute atomic E-state index is 0. The van der Waals surface area contributed by atoms with Crippen molar-refractivity contribution >= 4 is 12.4 Å². The minimum atomic E-state index is -0.127. The van der Waals surface area contributed by atoms with Crippen LogP contribution in [0.2, 0.25) is 0 Å². The molecule has 0 aliphatic carbocycles. The number of nitrogens with one attached hydrogen (secondary N) is 1. The molecule has 0 saturated heterocycles. The Morgan fingerprint density at radius 3 is 2.57 bits per heavy atom. The van der Waals surface area contributed by atoms with Crippen molar-refractivity contribution in [2.75, 3.05) is 0 Å². The Hall–Kier alpha value is -0.600. The van der Waals surface area contributed by atoms with Crippen LogP contribution in [0.5, 0.6) is 0 Å². The van der Waals surface area contributed by atoms with Crippen molar-refractivity contribution in [2.45, 2.75) is 32.9 Å². The molecular weight excluding hydrogens is 201 g/mol. The molecule has 0 spiro atoms. The Bertz CT molecular complexity index is 265. The molecule has 1 N–H and O–H groups in total.